The number of carboxylic acid groups (broad SMARTS) is 1. The lowest BCUT2D eigenvalue weighted by Crippen LogP contribution is -2.50. The summed E-state index contributed by atoms with van der Waals surface area (Å²) in [5, 5.41) is 21.9. The summed E-state index contributed by atoms with van der Waals surface area (Å²) in [6, 6.07) is 10.3. The Morgan fingerprint density at radius 1 is 1.33 bits per heavy atom. The molecule has 0 radical (unpaired) electrons. The van der Waals surface area contributed by atoms with Crippen LogP contribution in [0.1, 0.15) is 54.4 Å². The first-order valence-electron chi connectivity index (χ1n) is 11.6. The molecule has 0 bridgehead atoms. The lowest BCUT2D eigenvalue weighted by atomic mass is 10.1. The highest BCUT2D eigenvalue weighted by atomic mass is 32.1. The summed E-state index contributed by atoms with van der Waals surface area (Å²) in [4.78, 5) is 44.1. The maximum absolute atomic E-state index is 13.6. The highest BCUT2D eigenvalue weighted by Gasteiger charge is 2.28. The second-order valence-electron chi connectivity index (χ2n) is 9.63. The number of benzene rings is 1. The van der Waals surface area contributed by atoms with E-state index in [0.717, 1.165) is 24.2 Å². The van der Waals surface area contributed by atoms with Crippen LogP contribution in [-0.2, 0) is 11.3 Å². The lowest BCUT2D eigenvalue weighted by Gasteiger charge is -2.35. The van der Waals surface area contributed by atoms with E-state index in [-0.39, 0.29) is 27.7 Å². The first kappa shape index (κ1) is 25.2. The van der Waals surface area contributed by atoms with Crippen molar-refractivity contribution in [3.05, 3.63) is 56.7 Å². The van der Waals surface area contributed by atoms with Crippen LogP contribution in [0, 0.1) is 11.3 Å². The van der Waals surface area contributed by atoms with Gasteiger partial charge in [0.2, 0.25) is 5.95 Å². The van der Waals surface area contributed by atoms with Crippen molar-refractivity contribution in [1.29, 1.82) is 5.26 Å². The lowest BCUT2D eigenvalue weighted by molar-refractivity contribution is 0.0499. The number of fused-ring (bicyclic) bond motifs is 1. The zero-order chi connectivity index (χ0) is 26.0. The number of alkyl carbamates (subject to hydrolysis) is 1. The Balaban J connectivity index is 1.74. The topological polar surface area (TPSA) is 138 Å². The van der Waals surface area contributed by atoms with Gasteiger partial charge in [0.1, 0.15) is 15.2 Å². The fraction of sp³-hybridized carbons (Fsp3) is 0.400. The van der Waals surface area contributed by atoms with Gasteiger partial charge in [-0.05, 0) is 51.3 Å². The molecule has 3 heterocycles. The molecule has 10 nitrogen and oxygen atoms in total. The molecule has 1 aliphatic heterocycles. The first-order chi connectivity index (χ1) is 17.1. The van der Waals surface area contributed by atoms with Gasteiger partial charge in [0.15, 0.2) is 0 Å². The van der Waals surface area contributed by atoms with Gasteiger partial charge < -0.3 is 20.1 Å². The predicted octanol–water partition coefficient (Wildman–Crippen LogP) is 3.57. The molecule has 0 saturated carbocycles. The van der Waals surface area contributed by atoms with Gasteiger partial charge in [-0.2, -0.15) is 5.26 Å². The molecule has 1 atom stereocenters. The Labute approximate surface area is 211 Å². The van der Waals surface area contributed by atoms with Gasteiger partial charge in [-0.25, -0.2) is 14.6 Å². The SMILES string of the molecule is CC(C)(C)OC(=O)N[C@@H]1CCCN(c2nc3cc(C(=O)O)sc3c(=O)n2Cc2ccccc2C#N)C1. The van der Waals surface area contributed by atoms with Gasteiger partial charge in [-0.3, -0.25) is 9.36 Å². The molecule has 1 aliphatic rings. The maximum Gasteiger partial charge on any atom is 0.407 e. The van der Waals surface area contributed by atoms with E-state index < -0.39 is 17.7 Å². The summed E-state index contributed by atoms with van der Waals surface area (Å²) < 4.78 is 7.11. The third-order valence-electron chi connectivity index (χ3n) is 5.72. The zero-order valence-electron chi connectivity index (χ0n) is 20.3. The average molecular weight is 510 g/mol. The number of aromatic nitrogens is 2. The molecule has 4 rings (SSSR count). The van der Waals surface area contributed by atoms with E-state index >= 15 is 0 Å². The summed E-state index contributed by atoms with van der Waals surface area (Å²) >= 11 is 0.884. The number of hydrogen-bond acceptors (Lipinski definition) is 8. The van der Waals surface area contributed by atoms with Crippen molar-refractivity contribution in [3.8, 4) is 6.07 Å². The van der Waals surface area contributed by atoms with Gasteiger partial charge in [0.25, 0.3) is 5.56 Å². The number of amides is 1. The Kier molecular flexibility index (Phi) is 6.99. The predicted molar refractivity (Wildman–Crippen MR) is 136 cm³/mol. The number of carboxylic acids is 1. The Hall–Kier alpha value is -3.91. The second-order valence-corrected chi connectivity index (χ2v) is 10.7. The molecular weight excluding hydrogens is 482 g/mol. The van der Waals surface area contributed by atoms with Crippen molar-refractivity contribution in [2.24, 2.45) is 0 Å². The molecule has 1 aromatic carbocycles. The standard InChI is InChI=1S/C25H27N5O5S/c1-25(2,3)35-24(34)27-17-9-6-10-29(14-17)23-28-18-11-19(22(32)33)36-20(18)21(31)30(23)13-16-8-5-4-7-15(16)12-26/h4-5,7-8,11,17H,6,9-10,13-14H2,1-3H3,(H,27,34)(H,32,33)/t17-/m1/s1. The fourth-order valence-corrected chi connectivity index (χ4v) is 5.06. The maximum atomic E-state index is 13.6. The van der Waals surface area contributed by atoms with Crippen LogP contribution in [0.3, 0.4) is 0 Å². The number of ether oxygens (including phenoxy) is 1. The quantitative estimate of drug-likeness (QED) is 0.532. The largest absolute Gasteiger partial charge is 0.477 e. The van der Waals surface area contributed by atoms with Crippen LogP contribution < -0.4 is 15.8 Å². The number of aromatic carboxylic acids is 1. The monoisotopic (exact) mass is 509 g/mol. The van der Waals surface area contributed by atoms with E-state index in [1.165, 1.54) is 10.6 Å². The number of nitriles is 1. The van der Waals surface area contributed by atoms with Gasteiger partial charge in [-0.15, -0.1) is 11.3 Å². The zero-order valence-corrected chi connectivity index (χ0v) is 21.1. The van der Waals surface area contributed by atoms with Crippen LogP contribution >= 0.6 is 11.3 Å². The Morgan fingerprint density at radius 2 is 2.08 bits per heavy atom. The van der Waals surface area contributed by atoms with Crippen LogP contribution in [0.4, 0.5) is 10.7 Å². The van der Waals surface area contributed by atoms with Crippen molar-refractivity contribution in [2.75, 3.05) is 18.0 Å². The fourth-order valence-electron chi connectivity index (χ4n) is 4.18. The minimum atomic E-state index is -1.13. The van der Waals surface area contributed by atoms with E-state index in [9.17, 15) is 24.8 Å². The summed E-state index contributed by atoms with van der Waals surface area (Å²) in [7, 11) is 0. The van der Waals surface area contributed by atoms with E-state index in [1.54, 1.807) is 45.0 Å². The minimum Gasteiger partial charge on any atom is -0.477 e. The van der Waals surface area contributed by atoms with Crippen molar-refractivity contribution < 1.29 is 19.4 Å². The Morgan fingerprint density at radius 3 is 2.78 bits per heavy atom. The summed E-state index contributed by atoms with van der Waals surface area (Å²) in [6.45, 7) is 6.48. The molecule has 2 N–H and O–H groups in total. The van der Waals surface area contributed by atoms with Crippen LogP contribution in [0.25, 0.3) is 10.2 Å². The van der Waals surface area contributed by atoms with Crippen LogP contribution in [-0.4, -0.2) is 51.5 Å². The van der Waals surface area contributed by atoms with E-state index in [2.05, 4.69) is 11.4 Å². The summed E-state index contributed by atoms with van der Waals surface area (Å²) in [6.07, 6.45) is 0.968. The minimum absolute atomic E-state index is 0.0267. The number of nitrogens with zero attached hydrogens (tertiary/aromatic N) is 4. The van der Waals surface area contributed by atoms with Crippen molar-refractivity contribution in [3.63, 3.8) is 0 Å². The molecule has 11 heteroatoms. The number of hydrogen-bond donors (Lipinski definition) is 2. The second kappa shape index (κ2) is 9.99. The molecule has 3 aromatic rings. The van der Waals surface area contributed by atoms with Crippen LogP contribution in [0.2, 0.25) is 0 Å². The number of carbonyl (C=O) groups excluding carboxylic acids is 1. The molecular formula is C25H27N5O5S. The first-order valence-corrected chi connectivity index (χ1v) is 12.4. The van der Waals surface area contributed by atoms with Crippen molar-refractivity contribution >= 4 is 39.6 Å². The third-order valence-corrected chi connectivity index (χ3v) is 6.82. The normalized spacial score (nSPS) is 15.9. The molecule has 2 aromatic heterocycles. The number of piperidine rings is 1. The number of nitrogens with one attached hydrogen (secondary N) is 1. The highest BCUT2D eigenvalue weighted by Crippen LogP contribution is 2.26. The number of rotatable bonds is 5. The summed E-state index contributed by atoms with van der Waals surface area (Å²) in [5.74, 6) is -0.759. The third kappa shape index (κ3) is 5.49. The average Bonchev–Trinajstić information content (AvgIpc) is 3.25. The van der Waals surface area contributed by atoms with E-state index in [0.29, 0.717) is 35.7 Å². The molecule has 1 fully saturated rings. The van der Waals surface area contributed by atoms with E-state index in [1.807, 2.05) is 4.90 Å². The molecule has 1 amide bonds. The van der Waals surface area contributed by atoms with Gasteiger partial charge in [0, 0.05) is 19.1 Å². The molecule has 1 saturated heterocycles. The van der Waals surface area contributed by atoms with Gasteiger partial charge >= 0.3 is 12.1 Å². The highest BCUT2D eigenvalue weighted by molar-refractivity contribution is 7.20. The molecule has 0 aliphatic carbocycles. The molecule has 0 unspecified atom stereocenters. The Bertz CT molecular complexity index is 1410. The van der Waals surface area contributed by atoms with Crippen LogP contribution in [0.15, 0.2) is 35.1 Å². The summed E-state index contributed by atoms with van der Waals surface area (Å²) in [5.41, 5.74) is 0.406. The molecule has 188 valence electrons. The van der Waals surface area contributed by atoms with Crippen LogP contribution in [0.5, 0.6) is 0 Å². The number of anilines is 1. The smallest absolute Gasteiger partial charge is 0.407 e. The van der Waals surface area contributed by atoms with Crippen molar-refractivity contribution in [1.82, 2.24) is 14.9 Å². The van der Waals surface area contributed by atoms with Gasteiger partial charge in [0.05, 0.1) is 23.7 Å². The number of carbonyl (C=O) groups is 2. The van der Waals surface area contributed by atoms with Crippen molar-refractivity contribution in [2.45, 2.75) is 51.8 Å². The van der Waals surface area contributed by atoms with Gasteiger partial charge in [-0.1, -0.05) is 18.2 Å². The molecule has 36 heavy (non-hydrogen) atoms. The molecule has 0 spiro atoms. The number of thiophene rings is 1. The van der Waals surface area contributed by atoms with E-state index in [4.69, 9.17) is 9.72 Å².